The summed E-state index contributed by atoms with van der Waals surface area (Å²) >= 11 is 24.6. The van der Waals surface area contributed by atoms with Crippen LogP contribution < -0.4 is 0 Å². The second kappa shape index (κ2) is 6.33. The fourth-order valence-electron chi connectivity index (χ4n) is 1.79. The first-order chi connectivity index (χ1) is 9.29. The number of hydrogen-bond acceptors (Lipinski definition) is 2. The van der Waals surface area contributed by atoms with Gasteiger partial charge in [0.2, 0.25) is 3.12 Å². The van der Waals surface area contributed by atoms with Crippen LogP contribution in [-0.2, 0) is 0 Å². The number of Topliss-reactive ketones (excluding diaryl/α,β-unsaturated/α-hetero) is 1. The van der Waals surface area contributed by atoms with E-state index in [1.54, 1.807) is 30.4 Å². The van der Waals surface area contributed by atoms with Gasteiger partial charge >= 0.3 is 0 Å². The number of carbonyl (C=O) groups is 1. The van der Waals surface area contributed by atoms with Crippen LogP contribution in [0.4, 0.5) is 0 Å². The minimum Gasteiger partial charge on any atom is -0.289 e. The first kappa shape index (κ1) is 16.3. The van der Waals surface area contributed by atoms with Crippen molar-refractivity contribution in [2.45, 2.75) is 13.8 Å². The Labute approximate surface area is 141 Å². The number of carbonyl (C=O) groups excluding carboxylic acids is 1. The quantitative estimate of drug-likeness (QED) is 0.499. The summed E-state index contributed by atoms with van der Waals surface area (Å²) in [6.07, 6.45) is 5.55. The number of rotatable bonds is 3. The van der Waals surface area contributed by atoms with Crippen LogP contribution in [0.15, 0.2) is 54.1 Å². The van der Waals surface area contributed by atoms with E-state index in [1.807, 2.05) is 18.2 Å². The van der Waals surface area contributed by atoms with E-state index in [2.05, 4.69) is 0 Å². The third kappa shape index (κ3) is 4.44. The molecule has 1 nitrogen and oxygen atoms in total. The van der Waals surface area contributed by atoms with Crippen molar-refractivity contribution in [1.82, 2.24) is 0 Å². The van der Waals surface area contributed by atoms with E-state index in [0.29, 0.717) is 17.6 Å². The van der Waals surface area contributed by atoms with Crippen molar-refractivity contribution in [3.05, 3.63) is 59.7 Å². The Morgan fingerprint density at radius 2 is 1.85 bits per heavy atom. The summed E-state index contributed by atoms with van der Waals surface area (Å²) in [5.74, 6) is -0.0422. The minimum atomic E-state index is -1.50. The van der Waals surface area contributed by atoms with Crippen LogP contribution in [0.25, 0.3) is 0 Å². The molecule has 0 aliphatic heterocycles. The monoisotopic (exact) mass is 366 g/mol. The van der Waals surface area contributed by atoms with E-state index >= 15 is 0 Å². The first-order valence-corrected chi connectivity index (χ1v) is 8.07. The largest absolute Gasteiger partial charge is 0.289 e. The molecule has 1 unspecified atom stereocenters. The van der Waals surface area contributed by atoms with Gasteiger partial charge in [0.05, 0.1) is 0 Å². The standard InChI is InChI=1S/C14H10Cl4OS/c15-13(20-14(16,17)18)8-6-11(7-9-13)12(19)10-4-2-1-3-5-10/h1-8H,9H2. The highest BCUT2D eigenvalue weighted by Gasteiger charge is 2.36. The number of benzene rings is 1. The molecule has 106 valence electrons. The van der Waals surface area contributed by atoms with E-state index in [0.717, 1.165) is 11.8 Å². The molecule has 0 aromatic heterocycles. The van der Waals surface area contributed by atoms with Crippen molar-refractivity contribution in [2.75, 3.05) is 0 Å². The van der Waals surface area contributed by atoms with Crippen LogP contribution in [0.1, 0.15) is 16.8 Å². The molecule has 0 spiro atoms. The maximum Gasteiger partial charge on any atom is 0.239 e. The summed E-state index contributed by atoms with van der Waals surface area (Å²) in [6.45, 7) is 0. The zero-order chi connectivity index (χ0) is 14.8. The van der Waals surface area contributed by atoms with E-state index in [1.165, 1.54) is 0 Å². The molecule has 20 heavy (non-hydrogen) atoms. The highest BCUT2D eigenvalue weighted by Crippen LogP contribution is 2.51. The number of thioether (sulfide) groups is 1. The molecule has 6 heteroatoms. The van der Waals surface area contributed by atoms with Crippen molar-refractivity contribution in [1.29, 1.82) is 0 Å². The molecule has 1 atom stereocenters. The van der Waals surface area contributed by atoms with Gasteiger partial charge in [-0.2, -0.15) is 0 Å². The van der Waals surface area contributed by atoms with Gasteiger partial charge in [-0.05, 0) is 6.42 Å². The lowest BCUT2D eigenvalue weighted by Crippen LogP contribution is -2.20. The number of halogens is 4. The minimum absolute atomic E-state index is 0.0422. The molecular formula is C14H10Cl4OS. The van der Waals surface area contributed by atoms with Crippen molar-refractivity contribution < 1.29 is 4.79 Å². The van der Waals surface area contributed by atoms with E-state index in [4.69, 9.17) is 46.4 Å². The summed E-state index contributed by atoms with van der Waals surface area (Å²) in [6, 6.07) is 9.06. The van der Waals surface area contributed by atoms with Crippen LogP contribution in [0, 0.1) is 0 Å². The van der Waals surface area contributed by atoms with Gasteiger partial charge < -0.3 is 0 Å². The topological polar surface area (TPSA) is 17.1 Å². The fraction of sp³-hybridized carbons (Fsp3) is 0.214. The lowest BCUT2D eigenvalue weighted by atomic mass is 9.98. The maximum absolute atomic E-state index is 12.2. The molecule has 0 radical (unpaired) electrons. The molecule has 1 aliphatic rings. The summed E-state index contributed by atoms with van der Waals surface area (Å²) in [7, 11) is 0. The van der Waals surface area contributed by atoms with Crippen LogP contribution in [0.5, 0.6) is 0 Å². The summed E-state index contributed by atoms with van der Waals surface area (Å²) < 4.78 is -2.34. The molecule has 0 heterocycles. The predicted molar refractivity (Wildman–Crippen MR) is 89.1 cm³/mol. The van der Waals surface area contributed by atoms with Crippen molar-refractivity contribution in [3.8, 4) is 0 Å². The van der Waals surface area contributed by atoms with Gasteiger partial charge in [-0.25, -0.2) is 0 Å². The van der Waals surface area contributed by atoms with E-state index in [-0.39, 0.29) is 5.78 Å². The van der Waals surface area contributed by atoms with Crippen LogP contribution in [0.2, 0.25) is 0 Å². The van der Waals surface area contributed by atoms with Crippen LogP contribution >= 0.6 is 58.2 Å². The van der Waals surface area contributed by atoms with Gasteiger partial charge in [0.1, 0.15) is 4.21 Å². The highest BCUT2D eigenvalue weighted by atomic mass is 35.6. The maximum atomic E-state index is 12.2. The molecule has 0 bridgehead atoms. The number of ketones is 1. The Morgan fingerprint density at radius 3 is 2.35 bits per heavy atom. The fourth-order valence-corrected chi connectivity index (χ4v) is 4.56. The molecule has 2 rings (SSSR count). The van der Waals surface area contributed by atoms with Gasteiger partial charge in [0.15, 0.2) is 5.78 Å². The van der Waals surface area contributed by atoms with Gasteiger partial charge in [-0.1, -0.05) is 95.1 Å². The zero-order valence-corrected chi connectivity index (χ0v) is 14.0. The molecule has 0 amide bonds. The Bertz CT molecular complexity index is 562. The summed E-state index contributed by atoms with van der Waals surface area (Å²) in [4.78, 5) is 12.2. The molecule has 1 aromatic rings. The number of allylic oxidation sites excluding steroid dienone is 3. The SMILES string of the molecule is O=C(C1=CCC(Cl)(SC(Cl)(Cl)Cl)C=C1)c1ccccc1. The molecule has 0 fully saturated rings. The Balaban J connectivity index is 2.11. The van der Waals surface area contributed by atoms with Crippen LogP contribution in [-0.4, -0.2) is 13.1 Å². The Kier molecular flexibility index (Phi) is 5.14. The normalized spacial score (nSPS) is 22.5. The van der Waals surface area contributed by atoms with Crippen molar-refractivity contribution >= 4 is 63.9 Å². The number of alkyl halides is 4. The van der Waals surface area contributed by atoms with Gasteiger partial charge in [-0.15, -0.1) is 11.6 Å². The van der Waals surface area contributed by atoms with Gasteiger partial charge in [0.25, 0.3) is 0 Å². The molecule has 0 saturated carbocycles. The average molecular weight is 368 g/mol. The molecule has 0 N–H and O–H groups in total. The van der Waals surface area contributed by atoms with Gasteiger partial charge in [-0.3, -0.25) is 4.79 Å². The lowest BCUT2D eigenvalue weighted by Gasteiger charge is -2.27. The third-order valence-electron chi connectivity index (χ3n) is 2.70. The lowest BCUT2D eigenvalue weighted by molar-refractivity contribution is 0.103. The molecule has 0 saturated heterocycles. The third-order valence-corrected chi connectivity index (χ3v) is 4.78. The smallest absolute Gasteiger partial charge is 0.239 e. The Morgan fingerprint density at radius 1 is 1.20 bits per heavy atom. The van der Waals surface area contributed by atoms with E-state index in [9.17, 15) is 4.79 Å². The highest BCUT2D eigenvalue weighted by molar-refractivity contribution is 8.07. The second-order valence-electron chi connectivity index (χ2n) is 4.23. The average Bonchev–Trinajstić information content (AvgIpc) is 2.37. The first-order valence-electron chi connectivity index (χ1n) is 5.74. The Hall–Kier alpha value is -0.120. The molecule has 1 aliphatic carbocycles. The van der Waals surface area contributed by atoms with E-state index < -0.39 is 7.33 Å². The second-order valence-corrected chi connectivity index (χ2v) is 9.62. The zero-order valence-electron chi connectivity index (χ0n) is 10.2. The van der Waals surface area contributed by atoms with Crippen molar-refractivity contribution in [3.63, 3.8) is 0 Å². The summed E-state index contributed by atoms with van der Waals surface area (Å²) in [5.41, 5.74) is 1.23. The molecule has 1 aromatic carbocycles. The summed E-state index contributed by atoms with van der Waals surface area (Å²) in [5, 5.41) is 0. The van der Waals surface area contributed by atoms with Gasteiger partial charge in [0, 0.05) is 11.1 Å². The predicted octanol–water partition coefficient (Wildman–Crippen LogP) is 5.75. The van der Waals surface area contributed by atoms with Crippen molar-refractivity contribution in [2.24, 2.45) is 0 Å². The van der Waals surface area contributed by atoms with Crippen LogP contribution in [0.3, 0.4) is 0 Å². The number of hydrogen-bond donors (Lipinski definition) is 0. The molecular weight excluding hydrogens is 358 g/mol.